The molecule has 1 N–H and O–H groups in total. The highest BCUT2D eigenvalue weighted by Crippen LogP contribution is 2.43. The van der Waals surface area contributed by atoms with Gasteiger partial charge in [-0.2, -0.15) is 0 Å². The maximum absolute atomic E-state index is 11.4. The van der Waals surface area contributed by atoms with Gasteiger partial charge >= 0.3 is 0 Å². The van der Waals surface area contributed by atoms with Gasteiger partial charge in [-0.25, -0.2) is 13.4 Å². The minimum absolute atomic E-state index is 0.0611. The summed E-state index contributed by atoms with van der Waals surface area (Å²) in [5.74, 6) is 0.0611. The van der Waals surface area contributed by atoms with Gasteiger partial charge in [0.1, 0.15) is 10.8 Å². The van der Waals surface area contributed by atoms with Gasteiger partial charge in [0, 0.05) is 17.2 Å². The Bertz CT molecular complexity index is 576. The van der Waals surface area contributed by atoms with Crippen LogP contribution in [0.4, 0.5) is 0 Å². The van der Waals surface area contributed by atoms with Crippen LogP contribution in [0.3, 0.4) is 0 Å². The summed E-state index contributed by atoms with van der Waals surface area (Å²) in [5, 5.41) is 4.31. The predicted octanol–water partition coefficient (Wildman–Crippen LogP) is 2.70. The van der Waals surface area contributed by atoms with E-state index in [0.717, 1.165) is 36.5 Å². The third-order valence-corrected chi connectivity index (χ3v) is 5.71. The van der Waals surface area contributed by atoms with Crippen molar-refractivity contribution in [2.24, 2.45) is 5.41 Å². The van der Waals surface area contributed by atoms with Gasteiger partial charge in [-0.1, -0.05) is 20.8 Å². The smallest absolute Gasteiger partial charge is 0.153 e. The van der Waals surface area contributed by atoms with Crippen LogP contribution < -0.4 is 5.32 Å². The van der Waals surface area contributed by atoms with Crippen molar-refractivity contribution in [2.75, 3.05) is 12.8 Å². The molecule has 0 radical (unpaired) electrons. The van der Waals surface area contributed by atoms with Crippen LogP contribution in [0.1, 0.15) is 55.2 Å². The summed E-state index contributed by atoms with van der Waals surface area (Å²) >= 11 is 1.57. The number of nitrogens with zero attached hydrogens (tertiary/aromatic N) is 1. The van der Waals surface area contributed by atoms with Gasteiger partial charge in [0.25, 0.3) is 0 Å². The molecular weight excluding hydrogens is 292 g/mol. The van der Waals surface area contributed by atoms with Crippen LogP contribution in [-0.4, -0.2) is 26.2 Å². The molecule has 1 heterocycles. The van der Waals surface area contributed by atoms with E-state index in [-0.39, 0.29) is 11.2 Å². The Morgan fingerprint density at radius 3 is 2.75 bits per heavy atom. The van der Waals surface area contributed by atoms with Crippen LogP contribution in [0.15, 0.2) is 0 Å². The average Bonchev–Trinajstić information content (AvgIpc) is 2.63. The SMILES string of the molecule is CCCNC1CC(C)(C)Cc2nc(CS(C)(=O)=O)sc21. The van der Waals surface area contributed by atoms with Gasteiger partial charge in [0.2, 0.25) is 0 Å². The molecule has 0 bridgehead atoms. The lowest BCUT2D eigenvalue weighted by Crippen LogP contribution is -2.33. The molecule has 114 valence electrons. The standard InChI is InChI=1S/C14H24N2O2S2/c1-5-6-15-10-7-14(2,3)8-11-13(10)19-12(16-11)9-20(4,17)18/h10,15H,5-9H2,1-4H3. The molecule has 1 aliphatic carbocycles. The first-order valence-corrected chi connectivity index (χ1v) is 9.97. The lowest BCUT2D eigenvalue weighted by molar-refractivity contribution is 0.258. The van der Waals surface area contributed by atoms with E-state index in [4.69, 9.17) is 0 Å². The number of hydrogen-bond donors (Lipinski definition) is 1. The first-order valence-electron chi connectivity index (χ1n) is 7.10. The van der Waals surface area contributed by atoms with Crippen molar-refractivity contribution in [2.45, 2.75) is 51.8 Å². The monoisotopic (exact) mass is 316 g/mol. The summed E-state index contributed by atoms with van der Waals surface area (Å²) < 4.78 is 22.9. The van der Waals surface area contributed by atoms with Crippen molar-refractivity contribution < 1.29 is 8.42 Å². The fourth-order valence-corrected chi connectivity index (χ4v) is 5.10. The van der Waals surface area contributed by atoms with Crippen molar-refractivity contribution in [1.29, 1.82) is 0 Å². The van der Waals surface area contributed by atoms with Crippen LogP contribution in [0.25, 0.3) is 0 Å². The van der Waals surface area contributed by atoms with Crippen molar-refractivity contribution in [3.8, 4) is 0 Å². The van der Waals surface area contributed by atoms with Gasteiger partial charge in [-0.15, -0.1) is 11.3 Å². The molecule has 6 heteroatoms. The molecule has 0 spiro atoms. The Kier molecular flexibility index (Phi) is 4.56. The summed E-state index contributed by atoms with van der Waals surface area (Å²) in [5.41, 5.74) is 1.31. The molecule has 0 fully saturated rings. The zero-order chi connectivity index (χ0) is 15.0. The van der Waals surface area contributed by atoms with E-state index in [1.165, 1.54) is 11.1 Å². The van der Waals surface area contributed by atoms with Crippen molar-refractivity contribution >= 4 is 21.2 Å². The van der Waals surface area contributed by atoms with E-state index in [1.807, 2.05) is 0 Å². The second-order valence-corrected chi connectivity index (χ2v) is 9.80. The average molecular weight is 316 g/mol. The maximum atomic E-state index is 11.4. The summed E-state index contributed by atoms with van der Waals surface area (Å²) in [6.45, 7) is 7.65. The lowest BCUT2D eigenvalue weighted by atomic mass is 9.76. The van der Waals surface area contributed by atoms with Crippen molar-refractivity contribution in [1.82, 2.24) is 10.3 Å². The van der Waals surface area contributed by atoms with E-state index in [1.54, 1.807) is 11.3 Å². The molecule has 0 amide bonds. The van der Waals surface area contributed by atoms with Crippen LogP contribution in [0.5, 0.6) is 0 Å². The Morgan fingerprint density at radius 2 is 2.15 bits per heavy atom. The van der Waals surface area contributed by atoms with Crippen LogP contribution in [0, 0.1) is 5.41 Å². The summed E-state index contributed by atoms with van der Waals surface area (Å²) in [6, 6.07) is 0.319. The predicted molar refractivity (Wildman–Crippen MR) is 83.8 cm³/mol. The minimum Gasteiger partial charge on any atom is -0.309 e. The highest BCUT2D eigenvalue weighted by molar-refractivity contribution is 7.90. The molecule has 1 aromatic rings. The topological polar surface area (TPSA) is 59.1 Å². The molecule has 4 nitrogen and oxygen atoms in total. The number of fused-ring (bicyclic) bond motifs is 1. The second kappa shape index (κ2) is 5.73. The van der Waals surface area contributed by atoms with E-state index >= 15 is 0 Å². The van der Waals surface area contributed by atoms with E-state index in [2.05, 4.69) is 31.1 Å². The van der Waals surface area contributed by atoms with Crippen molar-refractivity contribution in [3.05, 3.63) is 15.6 Å². The van der Waals surface area contributed by atoms with E-state index in [0.29, 0.717) is 6.04 Å². The molecule has 1 aliphatic rings. The fourth-order valence-electron chi connectivity index (χ4n) is 2.75. The second-order valence-electron chi connectivity index (χ2n) is 6.54. The van der Waals surface area contributed by atoms with Gasteiger partial charge in [0.15, 0.2) is 9.84 Å². The van der Waals surface area contributed by atoms with Crippen LogP contribution >= 0.6 is 11.3 Å². The van der Waals surface area contributed by atoms with Crippen LogP contribution in [-0.2, 0) is 22.0 Å². The number of thiazole rings is 1. The molecule has 2 rings (SSSR count). The highest BCUT2D eigenvalue weighted by Gasteiger charge is 2.34. The molecule has 0 aliphatic heterocycles. The lowest BCUT2D eigenvalue weighted by Gasteiger charge is -2.34. The summed E-state index contributed by atoms with van der Waals surface area (Å²) in [6.07, 6.45) is 4.39. The van der Waals surface area contributed by atoms with Gasteiger partial charge in [0.05, 0.1) is 5.69 Å². The largest absolute Gasteiger partial charge is 0.309 e. The molecule has 1 aromatic heterocycles. The van der Waals surface area contributed by atoms with E-state index < -0.39 is 9.84 Å². The quantitative estimate of drug-likeness (QED) is 0.907. The number of hydrogen-bond acceptors (Lipinski definition) is 5. The zero-order valence-corrected chi connectivity index (χ0v) is 14.3. The van der Waals surface area contributed by atoms with Crippen molar-refractivity contribution in [3.63, 3.8) is 0 Å². The third kappa shape index (κ3) is 4.02. The number of rotatable bonds is 5. The molecule has 0 aromatic carbocycles. The Labute approximate surface area is 125 Å². The normalized spacial score (nSPS) is 21.7. The Balaban J connectivity index is 2.28. The van der Waals surface area contributed by atoms with Crippen LogP contribution in [0.2, 0.25) is 0 Å². The zero-order valence-electron chi connectivity index (χ0n) is 12.7. The Hall–Kier alpha value is -0.460. The molecule has 1 atom stereocenters. The fraction of sp³-hybridized carbons (Fsp3) is 0.786. The van der Waals surface area contributed by atoms with Gasteiger partial charge in [-0.3, -0.25) is 0 Å². The minimum atomic E-state index is -3.01. The number of sulfone groups is 1. The third-order valence-electron chi connectivity index (χ3n) is 3.52. The summed E-state index contributed by atoms with van der Waals surface area (Å²) in [4.78, 5) is 5.84. The van der Waals surface area contributed by atoms with E-state index in [9.17, 15) is 8.42 Å². The first kappa shape index (κ1) is 15.9. The molecular formula is C14H24N2O2S2. The molecule has 1 unspecified atom stereocenters. The van der Waals surface area contributed by atoms with Gasteiger partial charge in [-0.05, 0) is 31.2 Å². The Morgan fingerprint density at radius 1 is 1.45 bits per heavy atom. The summed E-state index contributed by atoms with van der Waals surface area (Å²) in [7, 11) is -3.01. The molecule has 20 heavy (non-hydrogen) atoms. The maximum Gasteiger partial charge on any atom is 0.153 e. The highest BCUT2D eigenvalue weighted by atomic mass is 32.2. The first-order chi connectivity index (χ1) is 9.20. The molecule has 0 saturated heterocycles. The van der Waals surface area contributed by atoms with Gasteiger partial charge < -0.3 is 5.32 Å². The number of nitrogens with one attached hydrogen (secondary N) is 1. The molecule has 0 saturated carbocycles. The number of aromatic nitrogens is 1.